The van der Waals surface area contributed by atoms with E-state index in [2.05, 4.69) is 5.32 Å². The number of carboxylic acid groups (broad SMARTS) is 1. The first-order valence-electron chi connectivity index (χ1n) is 14.1. The van der Waals surface area contributed by atoms with Gasteiger partial charge in [-0.15, -0.1) is 0 Å². The van der Waals surface area contributed by atoms with E-state index in [0.717, 1.165) is 0 Å². The number of benzene rings is 1. The first-order chi connectivity index (χ1) is 19.1. The molecule has 0 aliphatic rings. The Hall–Kier alpha value is -3.34. The monoisotopic (exact) mass is 581 g/mol. The number of hydrogen-bond acceptors (Lipinski definition) is 10. The first-order valence-corrected chi connectivity index (χ1v) is 14.1. The lowest BCUT2D eigenvalue weighted by molar-refractivity contribution is -0.148. The molecule has 0 saturated heterocycles. The van der Waals surface area contributed by atoms with E-state index in [9.17, 15) is 24.3 Å². The molecule has 1 aromatic rings. The van der Waals surface area contributed by atoms with Crippen LogP contribution >= 0.6 is 0 Å². The van der Waals surface area contributed by atoms with Gasteiger partial charge in [0.25, 0.3) is 0 Å². The number of ether oxygens (including phenoxy) is 5. The molecular formula is C30H47NO10. The van der Waals surface area contributed by atoms with Crippen LogP contribution in [0.15, 0.2) is 18.2 Å². The summed E-state index contributed by atoms with van der Waals surface area (Å²) in [5.74, 6) is -1.22. The van der Waals surface area contributed by atoms with Gasteiger partial charge in [0.05, 0.1) is 0 Å². The minimum Gasteiger partial charge on any atom is -0.480 e. The Bertz CT molecular complexity index is 1010. The summed E-state index contributed by atoms with van der Waals surface area (Å²) < 4.78 is 26.6. The Morgan fingerprint density at radius 1 is 0.780 bits per heavy atom. The number of carbonyl (C=O) groups is 4. The summed E-state index contributed by atoms with van der Waals surface area (Å²) in [5.41, 5.74) is 0.474. The Balaban J connectivity index is 3.03. The Labute approximate surface area is 243 Å². The molecule has 3 unspecified atom stereocenters. The van der Waals surface area contributed by atoms with Crippen molar-refractivity contribution in [2.45, 2.75) is 106 Å². The molecule has 1 rings (SSSR count). The van der Waals surface area contributed by atoms with Crippen molar-refractivity contribution in [1.29, 1.82) is 0 Å². The summed E-state index contributed by atoms with van der Waals surface area (Å²) in [7, 11) is 0. The third-order valence-electron chi connectivity index (χ3n) is 6.48. The van der Waals surface area contributed by atoms with Crippen molar-refractivity contribution in [3.63, 3.8) is 0 Å². The predicted octanol–water partition coefficient (Wildman–Crippen LogP) is 5.76. The van der Waals surface area contributed by atoms with Gasteiger partial charge in [0.15, 0.2) is 11.5 Å². The molecule has 0 spiro atoms. The van der Waals surface area contributed by atoms with Gasteiger partial charge in [-0.1, -0.05) is 47.6 Å². The van der Waals surface area contributed by atoms with Gasteiger partial charge in [0.1, 0.15) is 24.4 Å². The van der Waals surface area contributed by atoms with Crippen molar-refractivity contribution in [1.82, 2.24) is 5.32 Å². The van der Waals surface area contributed by atoms with Crippen LogP contribution in [0.3, 0.4) is 0 Å². The van der Waals surface area contributed by atoms with Crippen LogP contribution in [0.5, 0.6) is 11.5 Å². The lowest BCUT2D eigenvalue weighted by atomic mass is 10.0. The zero-order valence-corrected chi connectivity index (χ0v) is 25.7. The Morgan fingerprint density at radius 2 is 1.32 bits per heavy atom. The quantitative estimate of drug-likeness (QED) is 0.139. The zero-order chi connectivity index (χ0) is 31.3. The van der Waals surface area contributed by atoms with Crippen LogP contribution in [-0.4, -0.2) is 60.3 Å². The summed E-state index contributed by atoms with van der Waals surface area (Å²) in [6.07, 6.45) is -2.37. The highest BCUT2D eigenvalue weighted by molar-refractivity contribution is 5.74. The molecular weight excluding hydrogens is 534 g/mol. The summed E-state index contributed by atoms with van der Waals surface area (Å²) in [5, 5.41) is 12.7. The highest BCUT2D eigenvalue weighted by atomic mass is 16.7. The zero-order valence-electron chi connectivity index (χ0n) is 25.7. The smallest absolute Gasteiger partial charge is 0.480 e. The SMILES string of the molecule is CC(C)CCC(=O)OC(C)CN[C@@H](Cc1ccc(OC(=O)OC(C)C(C)C)c(OC(=O)OC(C)C(C)C)c1)C(=O)O. The molecule has 11 nitrogen and oxygen atoms in total. The molecule has 41 heavy (non-hydrogen) atoms. The molecule has 232 valence electrons. The Kier molecular flexibility index (Phi) is 15.2. The maximum Gasteiger partial charge on any atom is 0.514 e. The van der Waals surface area contributed by atoms with E-state index in [4.69, 9.17) is 23.7 Å². The van der Waals surface area contributed by atoms with Crippen LogP contribution in [0, 0.1) is 17.8 Å². The van der Waals surface area contributed by atoms with Crippen molar-refractivity contribution >= 4 is 24.2 Å². The van der Waals surface area contributed by atoms with Crippen LogP contribution in [0.4, 0.5) is 9.59 Å². The molecule has 0 aromatic heterocycles. The molecule has 0 bridgehead atoms. The molecule has 2 N–H and O–H groups in total. The standard InChI is InChI=1S/C30H47NO10/c1-17(2)10-13-27(32)37-20(7)16-31-24(28(33)34)14-23-11-12-25(40-29(35)38-21(8)18(3)4)26(15-23)41-30(36)39-22(9)19(5)6/h11-12,15,17-22,24,31H,10,13-14,16H2,1-9H3,(H,33,34)/t20?,21?,22?,24-/m0/s1. The van der Waals surface area contributed by atoms with Gasteiger partial charge in [-0.05, 0) is 69.1 Å². The lowest BCUT2D eigenvalue weighted by Crippen LogP contribution is -2.42. The van der Waals surface area contributed by atoms with Gasteiger partial charge in [-0.3, -0.25) is 9.59 Å². The molecule has 0 aliphatic heterocycles. The van der Waals surface area contributed by atoms with E-state index < -0.39 is 42.6 Å². The van der Waals surface area contributed by atoms with Crippen LogP contribution in [-0.2, 0) is 30.2 Å². The van der Waals surface area contributed by atoms with Gasteiger partial charge >= 0.3 is 24.2 Å². The second-order valence-electron chi connectivity index (χ2n) is 11.4. The maximum atomic E-state index is 12.5. The molecule has 0 heterocycles. The fourth-order valence-corrected chi connectivity index (χ4v) is 3.17. The number of hydrogen-bond donors (Lipinski definition) is 2. The van der Waals surface area contributed by atoms with E-state index in [1.54, 1.807) is 26.8 Å². The summed E-state index contributed by atoms with van der Waals surface area (Å²) >= 11 is 0. The molecule has 0 saturated carbocycles. The molecule has 11 heteroatoms. The normalized spacial score (nSPS) is 14.2. The van der Waals surface area contributed by atoms with E-state index in [1.165, 1.54) is 12.1 Å². The molecule has 0 amide bonds. The number of rotatable bonds is 16. The highest BCUT2D eigenvalue weighted by Crippen LogP contribution is 2.30. The van der Waals surface area contributed by atoms with E-state index >= 15 is 0 Å². The fourth-order valence-electron chi connectivity index (χ4n) is 3.17. The molecule has 4 atom stereocenters. The van der Waals surface area contributed by atoms with Crippen molar-refractivity contribution in [2.24, 2.45) is 17.8 Å². The van der Waals surface area contributed by atoms with Crippen LogP contribution in [0.2, 0.25) is 0 Å². The largest absolute Gasteiger partial charge is 0.514 e. The van der Waals surface area contributed by atoms with Gasteiger partial charge in [-0.25, -0.2) is 9.59 Å². The molecule has 0 radical (unpaired) electrons. The minimum atomic E-state index is -1.12. The van der Waals surface area contributed by atoms with Gasteiger partial charge in [0.2, 0.25) is 0 Å². The van der Waals surface area contributed by atoms with E-state index in [-0.39, 0.29) is 42.3 Å². The highest BCUT2D eigenvalue weighted by Gasteiger charge is 2.24. The number of esters is 1. The second kappa shape index (κ2) is 17.5. The van der Waals surface area contributed by atoms with Crippen molar-refractivity contribution in [2.75, 3.05) is 6.54 Å². The average molecular weight is 582 g/mol. The number of aliphatic carboxylic acids is 1. The summed E-state index contributed by atoms with van der Waals surface area (Å²) in [6.45, 7) is 16.8. The maximum absolute atomic E-state index is 12.5. The van der Waals surface area contributed by atoms with Gasteiger partial charge in [-0.2, -0.15) is 0 Å². The number of carbonyl (C=O) groups excluding carboxylic acids is 3. The van der Waals surface area contributed by atoms with Crippen LogP contribution < -0.4 is 14.8 Å². The summed E-state index contributed by atoms with van der Waals surface area (Å²) in [6, 6.07) is 3.30. The van der Waals surface area contributed by atoms with E-state index in [1.807, 2.05) is 41.5 Å². The number of nitrogens with one attached hydrogen (secondary N) is 1. The third kappa shape index (κ3) is 14.2. The molecule has 1 aromatic carbocycles. The van der Waals surface area contributed by atoms with Gasteiger partial charge < -0.3 is 34.1 Å². The first kappa shape index (κ1) is 35.7. The minimum absolute atomic E-state index is 0.00768. The van der Waals surface area contributed by atoms with Crippen LogP contribution in [0.1, 0.15) is 80.7 Å². The van der Waals surface area contributed by atoms with Crippen molar-refractivity contribution in [3.05, 3.63) is 23.8 Å². The van der Waals surface area contributed by atoms with Crippen molar-refractivity contribution in [3.8, 4) is 11.5 Å². The summed E-state index contributed by atoms with van der Waals surface area (Å²) in [4.78, 5) is 48.8. The topological polar surface area (TPSA) is 147 Å². The molecule has 0 fully saturated rings. The predicted molar refractivity (Wildman–Crippen MR) is 152 cm³/mol. The Morgan fingerprint density at radius 3 is 1.80 bits per heavy atom. The molecule has 0 aliphatic carbocycles. The third-order valence-corrected chi connectivity index (χ3v) is 6.48. The number of carboxylic acids is 1. The lowest BCUT2D eigenvalue weighted by Gasteiger charge is -2.20. The second-order valence-corrected chi connectivity index (χ2v) is 11.4. The van der Waals surface area contributed by atoms with Gasteiger partial charge in [0, 0.05) is 13.0 Å². The van der Waals surface area contributed by atoms with E-state index in [0.29, 0.717) is 24.3 Å². The average Bonchev–Trinajstić information content (AvgIpc) is 2.86. The van der Waals surface area contributed by atoms with Crippen molar-refractivity contribution < 1.29 is 48.0 Å². The van der Waals surface area contributed by atoms with Crippen LogP contribution in [0.25, 0.3) is 0 Å². The fraction of sp³-hybridized carbons (Fsp3) is 0.667.